The summed E-state index contributed by atoms with van der Waals surface area (Å²) in [5.41, 5.74) is 6.14. The molecule has 0 saturated heterocycles. The topological polar surface area (TPSA) is 81.4 Å². The number of halogens is 1. The van der Waals surface area contributed by atoms with Crippen molar-refractivity contribution in [2.24, 2.45) is 0 Å². The molecule has 1 aromatic rings. The number of nitrogens with one attached hydrogen (secondary N) is 1. The molecular weight excluding hydrogens is 283 g/mol. The highest BCUT2D eigenvalue weighted by atomic mass is 32.2. The number of benzene rings is 1. The van der Waals surface area contributed by atoms with E-state index < -0.39 is 10.0 Å². The molecule has 1 aliphatic rings. The number of hydrogen-bond acceptors (Lipinski definition) is 4. The zero-order valence-corrected chi connectivity index (χ0v) is 12.1. The molecule has 0 bridgehead atoms. The molecule has 1 fully saturated rings. The van der Waals surface area contributed by atoms with Crippen LogP contribution in [-0.4, -0.2) is 26.8 Å². The van der Waals surface area contributed by atoms with Crippen LogP contribution in [0.25, 0.3) is 0 Å². The van der Waals surface area contributed by atoms with E-state index in [0.717, 1.165) is 6.26 Å². The molecule has 5 nitrogen and oxygen atoms in total. The number of ether oxygens (including phenoxy) is 1. The van der Waals surface area contributed by atoms with E-state index in [1.807, 2.05) is 0 Å². The Labute approximate surface area is 118 Å². The molecule has 0 unspecified atom stereocenters. The molecule has 1 saturated carbocycles. The van der Waals surface area contributed by atoms with E-state index in [-0.39, 0.29) is 18.0 Å². The molecule has 2 rings (SSSR count). The van der Waals surface area contributed by atoms with Crippen LogP contribution in [0.4, 0.5) is 10.1 Å². The Morgan fingerprint density at radius 2 is 1.95 bits per heavy atom. The fourth-order valence-corrected chi connectivity index (χ4v) is 3.23. The SMILES string of the molecule is CS(=O)(=O)NC1CCC(Oc2cc(F)ccc2N)CC1. The summed E-state index contributed by atoms with van der Waals surface area (Å²) in [6.45, 7) is 0. The summed E-state index contributed by atoms with van der Waals surface area (Å²) >= 11 is 0. The lowest BCUT2D eigenvalue weighted by Gasteiger charge is -2.29. The molecule has 3 N–H and O–H groups in total. The van der Waals surface area contributed by atoms with Crippen LogP contribution in [0, 0.1) is 5.82 Å². The first-order chi connectivity index (χ1) is 9.33. The number of anilines is 1. The third-order valence-corrected chi connectivity index (χ3v) is 4.09. The van der Waals surface area contributed by atoms with Crippen LogP contribution in [0.15, 0.2) is 18.2 Å². The Balaban J connectivity index is 1.90. The zero-order valence-electron chi connectivity index (χ0n) is 11.3. The van der Waals surface area contributed by atoms with Crippen LogP contribution >= 0.6 is 0 Å². The van der Waals surface area contributed by atoms with Crippen molar-refractivity contribution in [2.45, 2.75) is 37.8 Å². The highest BCUT2D eigenvalue weighted by Crippen LogP contribution is 2.28. The van der Waals surface area contributed by atoms with Gasteiger partial charge in [0.1, 0.15) is 11.6 Å². The monoisotopic (exact) mass is 302 g/mol. The van der Waals surface area contributed by atoms with Gasteiger partial charge in [-0.15, -0.1) is 0 Å². The molecule has 0 aromatic heterocycles. The standard InChI is InChI=1S/C13H19FN2O3S/c1-20(17,18)16-10-3-5-11(6-4-10)19-13-8-9(14)2-7-12(13)15/h2,7-8,10-11,16H,3-6,15H2,1H3. The normalized spacial score (nSPS) is 23.5. The number of sulfonamides is 1. The summed E-state index contributed by atoms with van der Waals surface area (Å²) in [6, 6.07) is 3.99. The maximum Gasteiger partial charge on any atom is 0.208 e. The van der Waals surface area contributed by atoms with Crippen molar-refractivity contribution in [1.82, 2.24) is 4.72 Å². The Hall–Kier alpha value is -1.34. The van der Waals surface area contributed by atoms with Crippen molar-refractivity contribution in [3.05, 3.63) is 24.0 Å². The third kappa shape index (κ3) is 4.35. The number of rotatable bonds is 4. The molecule has 20 heavy (non-hydrogen) atoms. The van der Waals surface area contributed by atoms with Crippen molar-refractivity contribution in [1.29, 1.82) is 0 Å². The average molecular weight is 302 g/mol. The Morgan fingerprint density at radius 3 is 2.55 bits per heavy atom. The summed E-state index contributed by atoms with van der Waals surface area (Å²) in [7, 11) is -3.17. The molecule has 0 heterocycles. The van der Waals surface area contributed by atoms with Gasteiger partial charge in [-0.1, -0.05) is 0 Å². The van der Waals surface area contributed by atoms with Gasteiger partial charge < -0.3 is 10.5 Å². The minimum absolute atomic E-state index is 0.0466. The van der Waals surface area contributed by atoms with Gasteiger partial charge in [0.15, 0.2) is 0 Å². The molecule has 0 atom stereocenters. The van der Waals surface area contributed by atoms with Crippen LogP contribution in [-0.2, 0) is 10.0 Å². The smallest absolute Gasteiger partial charge is 0.208 e. The second-order valence-corrected chi connectivity index (χ2v) is 6.94. The van der Waals surface area contributed by atoms with E-state index >= 15 is 0 Å². The van der Waals surface area contributed by atoms with Gasteiger partial charge in [-0.3, -0.25) is 0 Å². The van der Waals surface area contributed by atoms with E-state index in [0.29, 0.717) is 37.1 Å². The third-order valence-electron chi connectivity index (χ3n) is 3.32. The molecule has 0 aliphatic heterocycles. The van der Waals surface area contributed by atoms with E-state index in [9.17, 15) is 12.8 Å². The van der Waals surface area contributed by atoms with Crippen LogP contribution in [0.2, 0.25) is 0 Å². The number of hydrogen-bond donors (Lipinski definition) is 2. The summed E-state index contributed by atoms with van der Waals surface area (Å²) in [5, 5.41) is 0. The van der Waals surface area contributed by atoms with E-state index in [2.05, 4.69) is 4.72 Å². The van der Waals surface area contributed by atoms with Crippen LogP contribution in [0.5, 0.6) is 5.75 Å². The second-order valence-electron chi connectivity index (χ2n) is 5.16. The largest absolute Gasteiger partial charge is 0.488 e. The Morgan fingerprint density at radius 1 is 1.30 bits per heavy atom. The highest BCUT2D eigenvalue weighted by molar-refractivity contribution is 7.88. The van der Waals surface area contributed by atoms with Gasteiger partial charge in [0.25, 0.3) is 0 Å². The van der Waals surface area contributed by atoms with Gasteiger partial charge in [-0.2, -0.15) is 0 Å². The lowest BCUT2D eigenvalue weighted by molar-refractivity contribution is 0.144. The number of nitrogens with two attached hydrogens (primary N) is 1. The Kier molecular flexibility index (Phi) is 4.49. The van der Waals surface area contributed by atoms with Crippen molar-refractivity contribution in [3.63, 3.8) is 0 Å². The fraction of sp³-hybridized carbons (Fsp3) is 0.538. The molecular formula is C13H19FN2O3S. The summed E-state index contributed by atoms with van der Waals surface area (Å²) in [5.74, 6) is -0.0360. The van der Waals surface area contributed by atoms with Gasteiger partial charge in [-0.25, -0.2) is 17.5 Å². The molecule has 1 aliphatic carbocycles. The first kappa shape index (κ1) is 15.1. The van der Waals surface area contributed by atoms with E-state index in [4.69, 9.17) is 10.5 Å². The lowest BCUT2D eigenvalue weighted by atomic mass is 9.93. The highest BCUT2D eigenvalue weighted by Gasteiger charge is 2.24. The molecule has 0 spiro atoms. The maximum atomic E-state index is 13.1. The predicted octanol–water partition coefficient (Wildman–Crippen LogP) is 1.65. The molecule has 1 aromatic carbocycles. The number of nitrogen functional groups attached to an aromatic ring is 1. The van der Waals surface area contributed by atoms with Crippen LogP contribution in [0.1, 0.15) is 25.7 Å². The summed E-state index contributed by atoms with van der Waals surface area (Å²) < 4.78 is 43.7. The van der Waals surface area contributed by atoms with Crippen molar-refractivity contribution in [2.75, 3.05) is 12.0 Å². The minimum Gasteiger partial charge on any atom is -0.488 e. The van der Waals surface area contributed by atoms with Gasteiger partial charge >= 0.3 is 0 Å². The summed E-state index contributed by atoms with van der Waals surface area (Å²) in [4.78, 5) is 0. The van der Waals surface area contributed by atoms with Gasteiger partial charge in [-0.05, 0) is 37.8 Å². The van der Waals surface area contributed by atoms with Gasteiger partial charge in [0.05, 0.1) is 18.0 Å². The fourth-order valence-electron chi connectivity index (χ4n) is 2.39. The van der Waals surface area contributed by atoms with E-state index in [1.165, 1.54) is 18.2 Å². The van der Waals surface area contributed by atoms with Gasteiger partial charge in [0, 0.05) is 12.1 Å². The quantitative estimate of drug-likeness (QED) is 0.829. The molecule has 7 heteroatoms. The van der Waals surface area contributed by atoms with Crippen LogP contribution < -0.4 is 15.2 Å². The summed E-state index contributed by atoms with van der Waals surface area (Å²) in [6.07, 6.45) is 3.92. The van der Waals surface area contributed by atoms with Crippen molar-refractivity contribution in [3.8, 4) is 5.75 Å². The molecule has 0 radical (unpaired) electrons. The second kappa shape index (κ2) is 5.97. The lowest BCUT2D eigenvalue weighted by Crippen LogP contribution is -2.39. The maximum absolute atomic E-state index is 13.1. The molecule has 0 amide bonds. The zero-order chi connectivity index (χ0) is 14.8. The first-order valence-electron chi connectivity index (χ1n) is 6.52. The average Bonchev–Trinajstić information content (AvgIpc) is 2.34. The van der Waals surface area contributed by atoms with Crippen molar-refractivity contribution < 1.29 is 17.5 Å². The Bertz CT molecular complexity index is 569. The van der Waals surface area contributed by atoms with Crippen LogP contribution in [0.3, 0.4) is 0 Å². The predicted molar refractivity (Wildman–Crippen MR) is 75.5 cm³/mol. The van der Waals surface area contributed by atoms with Crippen molar-refractivity contribution >= 4 is 15.7 Å². The molecule has 112 valence electrons. The minimum atomic E-state index is -3.17. The first-order valence-corrected chi connectivity index (χ1v) is 8.41. The van der Waals surface area contributed by atoms with Gasteiger partial charge in [0.2, 0.25) is 10.0 Å². The van der Waals surface area contributed by atoms with E-state index in [1.54, 1.807) is 0 Å².